The van der Waals surface area contributed by atoms with E-state index in [-0.39, 0.29) is 17.8 Å². The average Bonchev–Trinajstić information content (AvgIpc) is 2.67. The van der Waals surface area contributed by atoms with Crippen LogP contribution in [-0.4, -0.2) is 11.9 Å². The lowest BCUT2D eigenvalue weighted by Gasteiger charge is -2.27. The van der Waals surface area contributed by atoms with E-state index < -0.39 is 5.41 Å². The van der Waals surface area contributed by atoms with Crippen molar-refractivity contribution in [2.24, 2.45) is 11.1 Å². The molecule has 0 aromatic heterocycles. The molecule has 0 saturated heterocycles. The lowest BCUT2D eigenvalue weighted by Crippen LogP contribution is -2.44. The first-order valence-electron chi connectivity index (χ1n) is 6.27. The summed E-state index contributed by atoms with van der Waals surface area (Å²) in [6.07, 6.45) is 2.62. The first-order chi connectivity index (χ1) is 8.45. The van der Waals surface area contributed by atoms with Crippen molar-refractivity contribution in [3.8, 4) is 0 Å². The highest BCUT2D eigenvalue weighted by Crippen LogP contribution is 2.37. The Kier molecular flexibility index (Phi) is 3.39. The quantitative estimate of drug-likeness (QED) is 0.847. The van der Waals surface area contributed by atoms with Crippen LogP contribution in [0.25, 0.3) is 0 Å². The van der Waals surface area contributed by atoms with Crippen LogP contribution in [0.2, 0.25) is 0 Å². The summed E-state index contributed by atoms with van der Waals surface area (Å²) in [5.41, 5.74) is 6.45. The zero-order chi connectivity index (χ0) is 13.3. The standard InChI is InChI=1S/C14H19FN2O/c1-9-10(15)5-3-6-11(9)17-13(18)14(2)8-4-7-12(14)16/h3,5-6,12H,4,7-8,16H2,1-2H3,(H,17,18). The molecule has 98 valence electrons. The molecule has 0 heterocycles. The van der Waals surface area contributed by atoms with E-state index in [0.717, 1.165) is 19.3 Å². The van der Waals surface area contributed by atoms with Gasteiger partial charge in [-0.15, -0.1) is 0 Å². The smallest absolute Gasteiger partial charge is 0.231 e. The predicted molar refractivity (Wildman–Crippen MR) is 69.7 cm³/mol. The molecule has 1 aromatic carbocycles. The van der Waals surface area contributed by atoms with Crippen LogP contribution in [0.1, 0.15) is 31.7 Å². The summed E-state index contributed by atoms with van der Waals surface area (Å²) in [5.74, 6) is -0.421. The molecule has 1 saturated carbocycles. The predicted octanol–water partition coefficient (Wildman–Crippen LogP) is 2.59. The maximum absolute atomic E-state index is 13.4. The van der Waals surface area contributed by atoms with Crippen LogP contribution in [0.15, 0.2) is 18.2 Å². The van der Waals surface area contributed by atoms with Crippen molar-refractivity contribution < 1.29 is 9.18 Å². The van der Waals surface area contributed by atoms with E-state index in [0.29, 0.717) is 11.3 Å². The fourth-order valence-corrected chi connectivity index (χ4v) is 2.48. The molecule has 0 aliphatic heterocycles. The van der Waals surface area contributed by atoms with Crippen molar-refractivity contribution in [2.45, 2.75) is 39.2 Å². The molecule has 1 amide bonds. The lowest BCUT2D eigenvalue weighted by molar-refractivity contribution is -0.125. The van der Waals surface area contributed by atoms with E-state index in [1.165, 1.54) is 6.07 Å². The van der Waals surface area contributed by atoms with Crippen molar-refractivity contribution in [2.75, 3.05) is 5.32 Å². The molecule has 0 spiro atoms. The second kappa shape index (κ2) is 4.69. The molecular formula is C14H19FN2O. The SMILES string of the molecule is Cc1c(F)cccc1NC(=O)C1(C)CCCC1N. The van der Waals surface area contributed by atoms with Crippen molar-refractivity contribution in [3.05, 3.63) is 29.6 Å². The number of halogens is 1. The minimum Gasteiger partial charge on any atom is -0.327 e. The normalized spacial score (nSPS) is 27.2. The second-order valence-electron chi connectivity index (χ2n) is 5.28. The molecule has 3 nitrogen and oxygen atoms in total. The number of carbonyl (C=O) groups excluding carboxylic acids is 1. The van der Waals surface area contributed by atoms with Gasteiger partial charge >= 0.3 is 0 Å². The van der Waals surface area contributed by atoms with Crippen LogP contribution in [0.5, 0.6) is 0 Å². The molecule has 2 unspecified atom stereocenters. The van der Waals surface area contributed by atoms with Crippen molar-refractivity contribution in [1.82, 2.24) is 0 Å². The maximum Gasteiger partial charge on any atom is 0.231 e. The van der Waals surface area contributed by atoms with Gasteiger partial charge in [-0.05, 0) is 38.8 Å². The molecule has 3 N–H and O–H groups in total. The first-order valence-corrected chi connectivity index (χ1v) is 6.27. The molecule has 1 aliphatic carbocycles. The molecule has 1 aromatic rings. The van der Waals surface area contributed by atoms with Crippen LogP contribution < -0.4 is 11.1 Å². The summed E-state index contributed by atoms with van der Waals surface area (Å²) in [7, 11) is 0. The molecule has 0 radical (unpaired) electrons. The fourth-order valence-electron chi connectivity index (χ4n) is 2.48. The van der Waals surface area contributed by atoms with Crippen molar-refractivity contribution in [1.29, 1.82) is 0 Å². The summed E-state index contributed by atoms with van der Waals surface area (Å²) < 4.78 is 13.4. The molecule has 4 heteroatoms. The molecular weight excluding hydrogens is 231 g/mol. The zero-order valence-electron chi connectivity index (χ0n) is 10.8. The van der Waals surface area contributed by atoms with Gasteiger partial charge in [0.25, 0.3) is 0 Å². The number of nitrogens with one attached hydrogen (secondary N) is 1. The lowest BCUT2D eigenvalue weighted by atomic mass is 9.84. The fraction of sp³-hybridized carbons (Fsp3) is 0.500. The third-order valence-corrected chi connectivity index (χ3v) is 4.06. The Bertz CT molecular complexity index is 475. The highest BCUT2D eigenvalue weighted by Gasteiger charge is 2.43. The molecule has 2 atom stereocenters. The average molecular weight is 250 g/mol. The Morgan fingerprint density at radius 1 is 1.56 bits per heavy atom. The third kappa shape index (κ3) is 2.12. The summed E-state index contributed by atoms with van der Waals surface area (Å²) in [6.45, 7) is 3.54. The van der Waals surface area contributed by atoms with Crippen molar-refractivity contribution >= 4 is 11.6 Å². The van der Waals surface area contributed by atoms with Crippen molar-refractivity contribution in [3.63, 3.8) is 0 Å². The third-order valence-electron chi connectivity index (χ3n) is 4.06. The molecule has 2 rings (SSSR count). The highest BCUT2D eigenvalue weighted by molar-refractivity contribution is 5.96. The molecule has 0 bridgehead atoms. The maximum atomic E-state index is 13.4. The second-order valence-corrected chi connectivity index (χ2v) is 5.28. The van der Waals surface area contributed by atoms with Crippen LogP contribution in [-0.2, 0) is 4.79 Å². The number of hydrogen-bond donors (Lipinski definition) is 2. The number of anilines is 1. The van der Waals surface area contributed by atoms with Gasteiger partial charge in [-0.3, -0.25) is 4.79 Å². The number of rotatable bonds is 2. The van der Waals surface area contributed by atoms with Gasteiger partial charge in [0.1, 0.15) is 5.82 Å². The van der Waals surface area contributed by atoms with E-state index in [4.69, 9.17) is 5.73 Å². The number of carbonyl (C=O) groups is 1. The highest BCUT2D eigenvalue weighted by atomic mass is 19.1. The Morgan fingerprint density at radius 2 is 2.28 bits per heavy atom. The van der Waals surface area contributed by atoms with Gasteiger partial charge in [-0.2, -0.15) is 0 Å². The van der Waals surface area contributed by atoms with Crippen LogP contribution in [0, 0.1) is 18.2 Å². The van der Waals surface area contributed by atoms with Gasteiger partial charge in [0.05, 0.1) is 5.41 Å². The number of amides is 1. The topological polar surface area (TPSA) is 55.1 Å². The Labute approximate surface area is 107 Å². The largest absolute Gasteiger partial charge is 0.327 e. The Morgan fingerprint density at radius 3 is 2.89 bits per heavy atom. The van der Waals surface area contributed by atoms with Gasteiger partial charge < -0.3 is 11.1 Å². The summed E-state index contributed by atoms with van der Waals surface area (Å²) in [5, 5.41) is 2.80. The van der Waals surface area contributed by atoms with Gasteiger partial charge in [-0.25, -0.2) is 4.39 Å². The Hall–Kier alpha value is -1.42. The first kappa shape index (κ1) is 13.0. The number of nitrogens with two attached hydrogens (primary N) is 1. The van der Waals surface area contributed by atoms with E-state index in [1.54, 1.807) is 19.1 Å². The van der Waals surface area contributed by atoms with E-state index >= 15 is 0 Å². The molecule has 1 aliphatic rings. The summed E-state index contributed by atoms with van der Waals surface area (Å²) >= 11 is 0. The minimum atomic E-state index is -0.543. The van der Waals surface area contributed by atoms with Gasteiger partial charge in [0, 0.05) is 17.3 Å². The van der Waals surface area contributed by atoms with Crippen LogP contribution in [0.3, 0.4) is 0 Å². The number of hydrogen-bond acceptors (Lipinski definition) is 2. The van der Waals surface area contributed by atoms with E-state index in [2.05, 4.69) is 5.32 Å². The van der Waals surface area contributed by atoms with E-state index in [9.17, 15) is 9.18 Å². The number of benzene rings is 1. The van der Waals surface area contributed by atoms with E-state index in [1.807, 2.05) is 6.92 Å². The van der Waals surface area contributed by atoms with Crippen LogP contribution in [0.4, 0.5) is 10.1 Å². The zero-order valence-corrected chi connectivity index (χ0v) is 10.8. The molecule has 18 heavy (non-hydrogen) atoms. The van der Waals surface area contributed by atoms with Gasteiger partial charge in [0.2, 0.25) is 5.91 Å². The summed E-state index contributed by atoms with van der Waals surface area (Å²) in [6, 6.07) is 4.56. The van der Waals surface area contributed by atoms with Gasteiger partial charge in [-0.1, -0.05) is 12.5 Å². The summed E-state index contributed by atoms with van der Waals surface area (Å²) in [4.78, 5) is 12.3. The van der Waals surface area contributed by atoms with Gasteiger partial charge in [0.15, 0.2) is 0 Å². The molecule has 1 fully saturated rings. The van der Waals surface area contributed by atoms with Crippen LogP contribution >= 0.6 is 0 Å². The Balaban J connectivity index is 2.19. The minimum absolute atomic E-state index is 0.110. The monoisotopic (exact) mass is 250 g/mol.